The van der Waals surface area contributed by atoms with Crippen LogP contribution in [0.4, 0.5) is 5.69 Å². The maximum atomic E-state index is 13.1. The average molecular weight is 337 g/mol. The van der Waals surface area contributed by atoms with E-state index in [1.807, 2.05) is 43.3 Å². The maximum absolute atomic E-state index is 13.1. The van der Waals surface area contributed by atoms with Gasteiger partial charge in [0.05, 0.1) is 13.5 Å². The summed E-state index contributed by atoms with van der Waals surface area (Å²) >= 11 is 0. The van der Waals surface area contributed by atoms with Gasteiger partial charge in [-0.05, 0) is 48.1 Å². The fraction of sp³-hybridized carbons (Fsp3) is 0.333. The van der Waals surface area contributed by atoms with Crippen molar-refractivity contribution >= 4 is 17.4 Å². The number of carbonyl (C=O) groups is 2. The molecule has 0 unspecified atom stereocenters. The molecule has 4 nitrogen and oxygen atoms in total. The highest BCUT2D eigenvalue weighted by Crippen LogP contribution is 2.42. The second-order valence-electron chi connectivity index (χ2n) is 6.71. The molecule has 0 saturated heterocycles. The molecule has 1 atom stereocenters. The zero-order chi connectivity index (χ0) is 18.0. The van der Waals surface area contributed by atoms with E-state index >= 15 is 0 Å². The van der Waals surface area contributed by atoms with Gasteiger partial charge in [0, 0.05) is 16.7 Å². The van der Waals surface area contributed by atoms with Crippen molar-refractivity contribution in [2.24, 2.45) is 5.41 Å². The minimum absolute atomic E-state index is 0.0607. The smallest absolute Gasteiger partial charge is 0.306 e. The summed E-state index contributed by atoms with van der Waals surface area (Å²) in [5.74, 6) is -0.261. The summed E-state index contributed by atoms with van der Waals surface area (Å²) < 4.78 is 4.80. The van der Waals surface area contributed by atoms with Crippen molar-refractivity contribution in [3.63, 3.8) is 0 Å². The molecule has 0 radical (unpaired) electrons. The molecular weight excluding hydrogens is 314 g/mol. The van der Waals surface area contributed by atoms with Gasteiger partial charge in [0.15, 0.2) is 5.78 Å². The van der Waals surface area contributed by atoms with Gasteiger partial charge in [-0.15, -0.1) is 0 Å². The number of nitrogen functional groups attached to an aromatic ring is 1. The van der Waals surface area contributed by atoms with Gasteiger partial charge >= 0.3 is 5.97 Å². The van der Waals surface area contributed by atoms with E-state index in [9.17, 15) is 9.59 Å². The highest BCUT2D eigenvalue weighted by atomic mass is 16.5. The largest absolute Gasteiger partial charge is 0.469 e. The topological polar surface area (TPSA) is 69.4 Å². The molecule has 25 heavy (non-hydrogen) atoms. The number of carbonyl (C=O) groups excluding carboxylic acids is 2. The molecule has 0 amide bonds. The summed E-state index contributed by atoms with van der Waals surface area (Å²) in [7, 11) is 1.37. The maximum Gasteiger partial charge on any atom is 0.306 e. The van der Waals surface area contributed by atoms with Gasteiger partial charge in [-0.25, -0.2) is 0 Å². The van der Waals surface area contributed by atoms with E-state index in [1.165, 1.54) is 7.11 Å². The lowest BCUT2D eigenvalue weighted by atomic mass is 9.67. The van der Waals surface area contributed by atoms with Crippen molar-refractivity contribution in [2.75, 3.05) is 12.8 Å². The Hall–Kier alpha value is -2.62. The highest BCUT2D eigenvalue weighted by molar-refractivity contribution is 6.04. The lowest BCUT2D eigenvalue weighted by Crippen LogP contribution is -2.37. The molecule has 1 aliphatic rings. The first kappa shape index (κ1) is 17.2. The van der Waals surface area contributed by atoms with E-state index in [0.717, 1.165) is 34.4 Å². The van der Waals surface area contributed by atoms with Crippen LogP contribution in [-0.2, 0) is 16.0 Å². The number of aryl methyl sites for hydroxylation is 1. The van der Waals surface area contributed by atoms with Gasteiger partial charge < -0.3 is 10.5 Å². The number of fused-ring (bicyclic) bond motifs is 1. The molecule has 0 fully saturated rings. The molecule has 0 heterocycles. The third-order valence-corrected chi connectivity index (χ3v) is 5.34. The van der Waals surface area contributed by atoms with E-state index in [4.69, 9.17) is 10.5 Å². The Kier molecular flexibility index (Phi) is 4.62. The summed E-state index contributed by atoms with van der Waals surface area (Å²) in [4.78, 5) is 24.9. The molecule has 2 N–H and O–H groups in total. The van der Waals surface area contributed by atoms with Crippen LogP contribution in [0.1, 0.15) is 42.1 Å². The third kappa shape index (κ3) is 3.16. The molecule has 4 heteroatoms. The number of Topliss-reactive ketones (excluding diaryl/α,β-unsaturated/α-hetero) is 1. The number of hydrogen-bond donors (Lipinski definition) is 1. The number of ketones is 1. The minimum atomic E-state index is -0.636. The Morgan fingerprint density at radius 3 is 2.48 bits per heavy atom. The fourth-order valence-electron chi connectivity index (χ4n) is 3.63. The second-order valence-corrected chi connectivity index (χ2v) is 6.71. The number of hydrogen-bond acceptors (Lipinski definition) is 4. The van der Waals surface area contributed by atoms with Gasteiger partial charge in [-0.3, -0.25) is 9.59 Å². The molecule has 0 aliphatic heterocycles. The van der Waals surface area contributed by atoms with Crippen molar-refractivity contribution in [3.05, 3.63) is 53.6 Å². The summed E-state index contributed by atoms with van der Waals surface area (Å²) in [5.41, 5.74) is 9.77. The first-order valence-corrected chi connectivity index (χ1v) is 8.59. The van der Waals surface area contributed by atoms with Gasteiger partial charge in [-0.1, -0.05) is 37.3 Å². The van der Waals surface area contributed by atoms with Gasteiger partial charge in [0.2, 0.25) is 0 Å². The van der Waals surface area contributed by atoms with Crippen molar-refractivity contribution in [1.82, 2.24) is 0 Å². The van der Waals surface area contributed by atoms with Crippen LogP contribution >= 0.6 is 0 Å². The molecule has 0 aromatic heterocycles. The van der Waals surface area contributed by atoms with Crippen LogP contribution in [0, 0.1) is 5.41 Å². The Morgan fingerprint density at radius 1 is 1.16 bits per heavy atom. The van der Waals surface area contributed by atoms with Crippen molar-refractivity contribution in [2.45, 2.75) is 32.6 Å². The Morgan fingerprint density at radius 2 is 1.84 bits per heavy atom. The normalized spacial score (nSPS) is 19.4. The second kappa shape index (κ2) is 6.71. The highest BCUT2D eigenvalue weighted by Gasteiger charge is 2.42. The molecule has 0 spiro atoms. The number of methoxy groups -OCH3 is 1. The van der Waals surface area contributed by atoms with Crippen molar-refractivity contribution < 1.29 is 14.3 Å². The molecule has 130 valence electrons. The number of benzene rings is 2. The number of nitrogens with two attached hydrogens (primary N) is 1. The lowest BCUT2D eigenvalue weighted by Gasteiger charge is -2.35. The SMILES string of the molecule is CC[C@@]1(CC(=O)OC)CCc2cc(-c3ccc(N)cc3)ccc2C1=O. The van der Waals surface area contributed by atoms with Crippen molar-refractivity contribution in [1.29, 1.82) is 0 Å². The predicted molar refractivity (Wildman–Crippen MR) is 98.3 cm³/mol. The molecular formula is C21H23NO3. The van der Waals surface area contributed by atoms with Crippen LogP contribution in [0.15, 0.2) is 42.5 Å². The monoisotopic (exact) mass is 337 g/mol. The molecule has 2 aromatic carbocycles. The van der Waals surface area contributed by atoms with Crippen LogP contribution in [0.5, 0.6) is 0 Å². The van der Waals surface area contributed by atoms with Crippen LogP contribution in [0.2, 0.25) is 0 Å². The summed E-state index contributed by atoms with van der Waals surface area (Å²) in [6, 6.07) is 13.6. The molecule has 0 saturated carbocycles. The first-order chi connectivity index (χ1) is 12.0. The molecule has 3 rings (SSSR count). The van der Waals surface area contributed by atoms with Gasteiger partial charge in [0.25, 0.3) is 0 Å². The first-order valence-electron chi connectivity index (χ1n) is 8.59. The van der Waals surface area contributed by atoms with E-state index in [1.54, 1.807) is 0 Å². The summed E-state index contributed by atoms with van der Waals surface area (Å²) in [5, 5.41) is 0. The number of esters is 1. The summed E-state index contributed by atoms with van der Waals surface area (Å²) in [6.07, 6.45) is 2.25. The Labute approximate surface area is 148 Å². The molecule has 2 aromatic rings. The van der Waals surface area contributed by atoms with E-state index in [2.05, 4.69) is 6.07 Å². The Bertz CT molecular complexity index is 810. The van der Waals surface area contributed by atoms with E-state index < -0.39 is 5.41 Å². The van der Waals surface area contributed by atoms with Gasteiger partial charge in [-0.2, -0.15) is 0 Å². The van der Waals surface area contributed by atoms with Crippen LogP contribution in [0.25, 0.3) is 11.1 Å². The van der Waals surface area contributed by atoms with Crippen LogP contribution in [0.3, 0.4) is 0 Å². The lowest BCUT2D eigenvalue weighted by molar-refractivity contribution is -0.143. The summed E-state index contributed by atoms with van der Waals surface area (Å²) in [6.45, 7) is 1.97. The average Bonchev–Trinajstić information content (AvgIpc) is 2.64. The van der Waals surface area contributed by atoms with Gasteiger partial charge in [0.1, 0.15) is 0 Å². The quantitative estimate of drug-likeness (QED) is 0.675. The number of anilines is 1. The zero-order valence-corrected chi connectivity index (χ0v) is 14.7. The van der Waals surface area contributed by atoms with Crippen molar-refractivity contribution in [3.8, 4) is 11.1 Å². The van der Waals surface area contributed by atoms with E-state index in [0.29, 0.717) is 12.8 Å². The number of ether oxygens (including phenoxy) is 1. The predicted octanol–water partition coefficient (Wildman–Crippen LogP) is 4.02. The standard InChI is InChI=1S/C21H23NO3/c1-3-21(13-19(23)25-2)11-10-16-12-15(6-9-18(16)20(21)24)14-4-7-17(22)8-5-14/h4-9,12H,3,10-11,13,22H2,1-2H3/t21-/m0/s1. The fourth-order valence-corrected chi connectivity index (χ4v) is 3.63. The zero-order valence-electron chi connectivity index (χ0n) is 14.7. The Balaban J connectivity index is 1.94. The third-order valence-electron chi connectivity index (χ3n) is 5.34. The number of rotatable bonds is 4. The van der Waals surface area contributed by atoms with E-state index in [-0.39, 0.29) is 18.2 Å². The minimum Gasteiger partial charge on any atom is -0.469 e. The molecule has 0 bridgehead atoms. The molecule has 1 aliphatic carbocycles. The van der Waals surface area contributed by atoms with Crippen LogP contribution < -0.4 is 5.73 Å². The van der Waals surface area contributed by atoms with Crippen LogP contribution in [-0.4, -0.2) is 18.9 Å².